The molecule has 2 aromatic rings. The van der Waals surface area contributed by atoms with Crippen LogP contribution in [0.5, 0.6) is 0 Å². The third-order valence-corrected chi connectivity index (χ3v) is 3.76. The fourth-order valence-electron chi connectivity index (χ4n) is 1.56. The van der Waals surface area contributed by atoms with Gasteiger partial charge in [0, 0.05) is 22.0 Å². The van der Waals surface area contributed by atoms with Crippen LogP contribution in [0, 0.1) is 5.41 Å². The van der Waals surface area contributed by atoms with Crippen molar-refractivity contribution in [3.8, 4) is 0 Å². The molecule has 0 unspecified atom stereocenters. The average Bonchev–Trinajstić information content (AvgIpc) is 2.69. The van der Waals surface area contributed by atoms with Crippen molar-refractivity contribution in [2.24, 2.45) is 5.73 Å². The minimum absolute atomic E-state index is 0.0555. The molecule has 0 radical (unpaired) electrons. The van der Waals surface area contributed by atoms with Crippen LogP contribution in [0.1, 0.15) is 12.5 Å². The zero-order valence-electron chi connectivity index (χ0n) is 10.1. The number of aromatic nitrogens is 3. The molecule has 0 atom stereocenters. The Hall–Kier alpha value is -1.73. The number of amidine groups is 1. The normalized spacial score (nSPS) is 10.6. The van der Waals surface area contributed by atoms with Crippen LogP contribution in [0.4, 0.5) is 0 Å². The van der Waals surface area contributed by atoms with Crippen molar-refractivity contribution >= 4 is 29.2 Å². The molecule has 1 aromatic heterocycles. The summed E-state index contributed by atoms with van der Waals surface area (Å²) in [6.45, 7) is 2.36. The van der Waals surface area contributed by atoms with Crippen LogP contribution >= 0.6 is 23.4 Å². The third-order valence-electron chi connectivity index (χ3n) is 2.47. The zero-order chi connectivity index (χ0) is 14.0. The summed E-state index contributed by atoms with van der Waals surface area (Å²) in [5.74, 6) is -0.0555. The van der Waals surface area contributed by atoms with Gasteiger partial charge in [-0.15, -0.1) is 5.10 Å². The minimum Gasteiger partial charge on any atom is -0.384 e. The maximum Gasteiger partial charge on any atom is 0.343 e. The number of nitrogens with two attached hydrogens (primary N) is 1. The number of aromatic amines is 1. The van der Waals surface area contributed by atoms with E-state index in [1.807, 2.05) is 6.92 Å². The topological polar surface area (TPSA) is 101 Å². The fourth-order valence-corrected chi connectivity index (χ4v) is 2.88. The molecule has 19 heavy (non-hydrogen) atoms. The zero-order valence-corrected chi connectivity index (χ0v) is 11.7. The molecule has 0 aliphatic carbocycles. The maximum atomic E-state index is 11.5. The Bertz CT molecular complexity index is 678. The molecule has 8 heteroatoms. The van der Waals surface area contributed by atoms with Gasteiger partial charge in [0.05, 0.1) is 0 Å². The number of rotatable bonds is 4. The molecule has 6 nitrogen and oxygen atoms in total. The largest absolute Gasteiger partial charge is 0.384 e. The summed E-state index contributed by atoms with van der Waals surface area (Å²) in [7, 11) is 0. The van der Waals surface area contributed by atoms with Crippen molar-refractivity contribution in [1.82, 2.24) is 14.8 Å². The van der Waals surface area contributed by atoms with Gasteiger partial charge in [-0.2, -0.15) is 0 Å². The molecule has 0 aliphatic rings. The Morgan fingerprint density at radius 3 is 3.00 bits per heavy atom. The van der Waals surface area contributed by atoms with Gasteiger partial charge in [0.2, 0.25) is 0 Å². The standard InChI is InChI=1S/C11H12ClN5OS/c1-2-17-10(18)15-16-11(17)19-8-5-6(12)3-4-7(8)9(13)14/h3-5H,2H2,1H3,(H3,13,14)(H,15,18). The first-order valence-electron chi connectivity index (χ1n) is 5.50. The van der Waals surface area contributed by atoms with Crippen LogP contribution in [-0.4, -0.2) is 20.6 Å². The Labute approximate surface area is 118 Å². The highest BCUT2D eigenvalue weighted by Gasteiger charge is 2.13. The Balaban J connectivity index is 2.45. The van der Waals surface area contributed by atoms with E-state index >= 15 is 0 Å². The molecule has 4 N–H and O–H groups in total. The van der Waals surface area contributed by atoms with Gasteiger partial charge in [0.1, 0.15) is 5.84 Å². The Kier molecular flexibility index (Phi) is 3.96. The smallest absolute Gasteiger partial charge is 0.343 e. The lowest BCUT2D eigenvalue weighted by Gasteiger charge is -2.08. The maximum absolute atomic E-state index is 11.5. The van der Waals surface area contributed by atoms with E-state index in [1.165, 1.54) is 16.3 Å². The second-order valence-electron chi connectivity index (χ2n) is 3.71. The molecule has 0 bridgehead atoms. The average molecular weight is 298 g/mol. The minimum atomic E-state index is -0.267. The number of H-pyrrole nitrogens is 1. The number of hydrogen-bond acceptors (Lipinski definition) is 4. The van der Waals surface area contributed by atoms with Crippen LogP contribution in [0.15, 0.2) is 33.0 Å². The molecular weight excluding hydrogens is 286 g/mol. The number of nitrogen functional groups attached to an aromatic ring is 1. The van der Waals surface area contributed by atoms with E-state index in [4.69, 9.17) is 22.7 Å². The summed E-state index contributed by atoms with van der Waals surface area (Å²) in [6, 6.07) is 5.04. The third kappa shape index (κ3) is 2.82. The number of hydrogen-bond donors (Lipinski definition) is 3. The van der Waals surface area contributed by atoms with E-state index in [0.717, 1.165) is 0 Å². The highest BCUT2D eigenvalue weighted by Crippen LogP contribution is 2.30. The molecule has 0 amide bonds. The van der Waals surface area contributed by atoms with Crippen LogP contribution in [0.3, 0.4) is 0 Å². The predicted molar refractivity (Wildman–Crippen MR) is 75.1 cm³/mol. The number of halogens is 1. The summed E-state index contributed by atoms with van der Waals surface area (Å²) in [5.41, 5.74) is 5.82. The molecule has 2 rings (SSSR count). The quantitative estimate of drug-likeness (QED) is 0.590. The lowest BCUT2D eigenvalue weighted by Crippen LogP contribution is -2.16. The van der Waals surface area contributed by atoms with Crippen molar-refractivity contribution in [3.63, 3.8) is 0 Å². The van der Waals surface area contributed by atoms with Crippen molar-refractivity contribution in [2.45, 2.75) is 23.5 Å². The van der Waals surface area contributed by atoms with E-state index in [1.54, 1.807) is 18.2 Å². The van der Waals surface area contributed by atoms with Crippen LogP contribution in [0.25, 0.3) is 0 Å². The first-order valence-corrected chi connectivity index (χ1v) is 6.69. The number of nitrogens with one attached hydrogen (secondary N) is 2. The molecule has 0 aliphatic heterocycles. The van der Waals surface area contributed by atoms with Crippen molar-refractivity contribution in [1.29, 1.82) is 5.41 Å². The highest BCUT2D eigenvalue weighted by atomic mass is 35.5. The van der Waals surface area contributed by atoms with Gasteiger partial charge in [-0.3, -0.25) is 9.98 Å². The van der Waals surface area contributed by atoms with E-state index in [9.17, 15) is 4.79 Å². The SMILES string of the molecule is CCn1c(Sc2cc(Cl)ccc2C(=N)N)n[nH]c1=O. The van der Waals surface area contributed by atoms with Crippen LogP contribution in [-0.2, 0) is 6.54 Å². The van der Waals surface area contributed by atoms with Crippen LogP contribution < -0.4 is 11.4 Å². The number of benzene rings is 1. The molecule has 0 saturated carbocycles. The second-order valence-corrected chi connectivity index (χ2v) is 5.16. The number of nitrogens with zero attached hydrogens (tertiary/aromatic N) is 2. The van der Waals surface area contributed by atoms with Gasteiger partial charge in [-0.1, -0.05) is 11.6 Å². The van der Waals surface area contributed by atoms with Gasteiger partial charge in [0.15, 0.2) is 5.16 Å². The first-order chi connectivity index (χ1) is 9.02. The van der Waals surface area contributed by atoms with Gasteiger partial charge in [0.25, 0.3) is 0 Å². The molecule has 0 saturated heterocycles. The molecule has 1 heterocycles. The second kappa shape index (κ2) is 5.50. The summed E-state index contributed by atoms with van der Waals surface area (Å²) in [6.07, 6.45) is 0. The lowest BCUT2D eigenvalue weighted by atomic mass is 10.2. The van der Waals surface area contributed by atoms with E-state index in [-0.39, 0.29) is 11.5 Å². The molecule has 0 spiro atoms. The van der Waals surface area contributed by atoms with Gasteiger partial charge in [-0.05, 0) is 36.9 Å². The van der Waals surface area contributed by atoms with E-state index < -0.39 is 0 Å². The summed E-state index contributed by atoms with van der Waals surface area (Å²) in [4.78, 5) is 12.2. The molecule has 100 valence electrons. The van der Waals surface area contributed by atoms with Crippen LogP contribution in [0.2, 0.25) is 5.02 Å². The van der Waals surface area contributed by atoms with Crippen molar-refractivity contribution in [2.75, 3.05) is 0 Å². The molecular formula is C11H12ClN5OS. The predicted octanol–water partition coefficient (Wildman–Crippen LogP) is 1.68. The molecule has 1 aromatic carbocycles. The molecule has 0 fully saturated rings. The Morgan fingerprint density at radius 1 is 1.63 bits per heavy atom. The Morgan fingerprint density at radius 2 is 2.37 bits per heavy atom. The fraction of sp³-hybridized carbons (Fsp3) is 0.182. The van der Waals surface area contributed by atoms with Crippen molar-refractivity contribution < 1.29 is 0 Å². The first kappa shape index (κ1) is 13.7. The summed E-state index contributed by atoms with van der Waals surface area (Å²) in [5, 5.41) is 14.9. The van der Waals surface area contributed by atoms with Crippen molar-refractivity contribution in [3.05, 3.63) is 39.3 Å². The van der Waals surface area contributed by atoms with Gasteiger partial charge < -0.3 is 5.73 Å². The highest BCUT2D eigenvalue weighted by molar-refractivity contribution is 7.99. The van der Waals surface area contributed by atoms with Gasteiger partial charge >= 0.3 is 5.69 Å². The van der Waals surface area contributed by atoms with E-state index in [0.29, 0.717) is 27.2 Å². The summed E-state index contributed by atoms with van der Waals surface area (Å²) >= 11 is 7.19. The van der Waals surface area contributed by atoms with Gasteiger partial charge in [-0.25, -0.2) is 9.89 Å². The van der Waals surface area contributed by atoms with E-state index in [2.05, 4.69) is 10.2 Å². The lowest BCUT2D eigenvalue weighted by molar-refractivity contribution is 0.660. The monoisotopic (exact) mass is 297 g/mol. The summed E-state index contributed by atoms with van der Waals surface area (Å²) < 4.78 is 1.50.